The van der Waals surface area contributed by atoms with E-state index in [-0.39, 0.29) is 0 Å². The van der Waals surface area contributed by atoms with Crippen LogP contribution in [0.1, 0.15) is 24.8 Å². The second kappa shape index (κ2) is 3.63. The molecule has 1 aromatic carbocycles. The maximum atomic E-state index is 4.74. The molecule has 0 N–H and O–H groups in total. The molecule has 78 valence electrons. The van der Waals surface area contributed by atoms with Crippen LogP contribution in [0.4, 0.5) is 5.69 Å². The summed E-state index contributed by atoms with van der Waals surface area (Å²) in [4.78, 5) is 7.15. The minimum Gasteiger partial charge on any atom is -0.356 e. The van der Waals surface area contributed by atoms with Crippen molar-refractivity contribution >= 4 is 27.5 Å². The molecule has 2 aliphatic heterocycles. The average molecular weight is 265 g/mol. The minimum atomic E-state index is 1.02. The zero-order valence-electron chi connectivity index (χ0n) is 8.54. The Bertz CT molecular complexity index is 426. The summed E-state index contributed by atoms with van der Waals surface area (Å²) in [6.45, 7) is 2.19. The average Bonchev–Trinajstić information content (AvgIpc) is 2.27. The van der Waals surface area contributed by atoms with Crippen molar-refractivity contribution in [2.75, 3.05) is 6.54 Å². The summed E-state index contributed by atoms with van der Waals surface area (Å²) in [5.41, 5.74) is 2.49. The Morgan fingerprint density at radius 1 is 1.27 bits per heavy atom. The van der Waals surface area contributed by atoms with E-state index in [0.717, 1.165) is 18.7 Å². The second-order valence-electron chi connectivity index (χ2n) is 4.14. The smallest absolute Gasteiger partial charge is 0.105 e. The molecule has 0 bridgehead atoms. The molecule has 0 unspecified atom stereocenters. The van der Waals surface area contributed by atoms with Crippen molar-refractivity contribution in [1.29, 1.82) is 0 Å². The highest BCUT2D eigenvalue weighted by molar-refractivity contribution is 9.10. The molecule has 0 aromatic heterocycles. The van der Waals surface area contributed by atoms with Crippen molar-refractivity contribution in [3.05, 3.63) is 28.2 Å². The van der Waals surface area contributed by atoms with Crippen LogP contribution in [0.15, 0.2) is 27.7 Å². The van der Waals surface area contributed by atoms with Gasteiger partial charge in [-0.15, -0.1) is 0 Å². The molecule has 0 spiro atoms. The van der Waals surface area contributed by atoms with E-state index < -0.39 is 0 Å². The Labute approximate surface area is 98.1 Å². The molecule has 3 rings (SSSR count). The first-order valence-electron chi connectivity index (χ1n) is 5.44. The van der Waals surface area contributed by atoms with Crippen LogP contribution in [0.2, 0.25) is 0 Å². The highest BCUT2D eigenvalue weighted by Gasteiger charge is 2.23. The Kier molecular flexibility index (Phi) is 2.28. The molecule has 0 atom stereocenters. The van der Waals surface area contributed by atoms with E-state index in [1.54, 1.807) is 0 Å². The molecule has 1 aromatic rings. The molecular formula is C12H13BrN2. The van der Waals surface area contributed by atoms with Crippen LogP contribution >= 0.6 is 15.9 Å². The number of nitrogens with zero attached hydrogens (tertiary/aromatic N) is 2. The lowest BCUT2D eigenvalue weighted by atomic mass is 10.0. The third kappa shape index (κ3) is 1.59. The largest absolute Gasteiger partial charge is 0.356 e. The quantitative estimate of drug-likeness (QED) is 0.701. The van der Waals surface area contributed by atoms with Crippen LogP contribution in [0.3, 0.4) is 0 Å². The minimum absolute atomic E-state index is 1.02. The zero-order chi connectivity index (χ0) is 10.3. The van der Waals surface area contributed by atoms with Gasteiger partial charge in [0.25, 0.3) is 0 Å². The number of piperidine rings is 1. The zero-order valence-corrected chi connectivity index (χ0v) is 10.1. The van der Waals surface area contributed by atoms with Gasteiger partial charge in [-0.2, -0.15) is 0 Å². The first-order valence-corrected chi connectivity index (χ1v) is 6.24. The third-order valence-electron chi connectivity index (χ3n) is 3.14. The first kappa shape index (κ1) is 9.40. The summed E-state index contributed by atoms with van der Waals surface area (Å²) in [5, 5.41) is 0. The lowest BCUT2D eigenvalue weighted by Gasteiger charge is -2.34. The number of amidine groups is 1. The maximum absolute atomic E-state index is 4.74. The first-order chi connectivity index (χ1) is 7.34. The molecule has 1 saturated heterocycles. The number of benzene rings is 1. The molecule has 15 heavy (non-hydrogen) atoms. The summed E-state index contributed by atoms with van der Waals surface area (Å²) < 4.78 is 1.19. The molecular weight excluding hydrogens is 252 g/mol. The third-order valence-corrected chi connectivity index (χ3v) is 3.88. The predicted octanol–water partition coefficient (Wildman–Crippen LogP) is 3.48. The van der Waals surface area contributed by atoms with E-state index in [2.05, 4.69) is 39.0 Å². The van der Waals surface area contributed by atoms with Gasteiger partial charge in [-0.1, -0.05) is 22.0 Å². The molecule has 0 radical (unpaired) electrons. The van der Waals surface area contributed by atoms with Crippen molar-refractivity contribution in [1.82, 2.24) is 4.90 Å². The van der Waals surface area contributed by atoms with Gasteiger partial charge >= 0.3 is 0 Å². The lowest BCUT2D eigenvalue weighted by Crippen LogP contribution is -2.36. The monoisotopic (exact) mass is 264 g/mol. The van der Waals surface area contributed by atoms with Crippen molar-refractivity contribution in [2.45, 2.75) is 25.8 Å². The van der Waals surface area contributed by atoms with E-state index in [1.165, 1.54) is 35.3 Å². The molecule has 0 aliphatic carbocycles. The van der Waals surface area contributed by atoms with E-state index >= 15 is 0 Å². The summed E-state index contributed by atoms with van der Waals surface area (Å²) >= 11 is 3.60. The summed E-state index contributed by atoms with van der Waals surface area (Å²) in [5.74, 6) is 1.28. The van der Waals surface area contributed by atoms with Gasteiger partial charge in [0, 0.05) is 29.5 Å². The predicted molar refractivity (Wildman–Crippen MR) is 65.5 cm³/mol. The van der Waals surface area contributed by atoms with Gasteiger partial charge in [0.1, 0.15) is 5.84 Å². The Morgan fingerprint density at radius 3 is 3.13 bits per heavy atom. The number of aliphatic imine (C=N–C) groups is 1. The number of fused-ring (bicyclic) bond motifs is 2. The summed E-state index contributed by atoms with van der Waals surface area (Å²) in [6.07, 6.45) is 3.74. The Hall–Kier alpha value is -0.830. The number of hydrogen-bond donors (Lipinski definition) is 0. The number of halogens is 1. The fraction of sp³-hybridized carbons (Fsp3) is 0.417. The van der Waals surface area contributed by atoms with Crippen LogP contribution in [0, 0.1) is 0 Å². The number of rotatable bonds is 0. The molecule has 2 nitrogen and oxygen atoms in total. The summed E-state index contributed by atoms with van der Waals surface area (Å²) in [6, 6.07) is 6.27. The van der Waals surface area contributed by atoms with Crippen LogP contribution in [-0.4, -0.2) is 17.3 Å². The van der Waals surface area contributed by atoms with Crippen molar-refractivity contribution in [3.8, 4) is 0 Å². The van der Waals surface area contributed by atoms with Crippen molar-refractivity contribution in [3.63, 3.8) is 0 Å². The molecule has 0 saturated carbocycles. The molecule has 2 aliphatic rings. The lowest BCUT2D eigenvalue weighted by molar-refractivity contribution is 0.358. The van der Waals surface area contributed by atoms with Crippen LogP contribution < -0.4 is 0 Å². The van der Waals surface area contributed by atoms with Gasteiger partial charge in [0.05, 0.1) is 5.69 Å². The van der Waals surface area contributed by atoms with Gasteiger partial charge < -0.3 is 4.90 Å². The van der Waals surface area contributed by atoms with Gasteiger partial charge in [0.2, 0.25) is 0 Å². The Balaban J connectivity index is 2.07. The van der Waals surface area contributed by atoms with Crippen molar-refractivity contribution < 1.29 is 0 Å². The standard InChI is InChI=1S/C12H13BrN2/c13-10-4-3-5-11-9(10)8-15-7-2-1-6-12(15)14-11/h3-5H,1-2,6-8H2. The van der Waals surface area contributed by atoms with E-state index in [4.69, 9.17) is 4.99 Å². The highest BCUT2D eigenvalue weighted by atomic mass is 79.9. The fourth-order valence-corrected chi connectivity index (χ4v) is 2.79. The van der Waals surface area contributed by atoms with E-state index in [0.29, 0.717) is 0 Å². The number of hydrogen-bond acceptors (Lipinski definition) is 2. The van der Waals surface area contributed by atoms with Crippen molar-refractivity contribution in [2.24, 2.45) is 4.99 Å². The SMILES string of the molecule is Brc1cccc2c1CN1CCCCC1=N2. The maximum Gasteiger partial charge on any atom is 0.105 e. The van der Waals surface area contributed by atoms with E-state index in [9.17, 15) is 0 Å². The Morgan fingerprint density at radius 2 is 2.20 bits per heavy atom. The van der Waals surface area contributed by atoms with Gasteiger partial charge in [-0.25, -0.2) is 4.99 Å². The summed E-state index contributed by atoms with van der Waals surface area (Å²) in [7, 11) is 0. The van der Waals surface area contributed by atoms with E-state index in [1.807, 2.05) is 0 Å². The second-order valence-corrected chi connectivity index (χ2v) is 5.00. The van der Waals surface area contributed by atoms with Gasteiger partial charge in [-0.3, -0.25) is 0 Å². The van der Waals surface area contributed by atoms with Gasteiger partial charge in [0.15, 0.2) is 0 Å². The van der Waals surface area contributed by atoms with Gasteiger partial charge in [-0.05, 0) is 25.0 Å². The molecule has 0 amide bonds. The highest BCUT2D eigenvalue weighted by Crippen LogP contribution is 2.34. The fourth-order valence-electron chi connectivity index (χ4n) is 2.31. The van der Waals surface area contributed by atoms with Crippen LogP contribution in [-0.2, 0) is 6.54 Å². The normalized spacial score (nSPS) is 19.3. The molecule has 2 heterocycles. The topological polar surface area (TPSA) is 15.6 Å². The molecule has 1 fully saturated rings. The van der Waals surface area contributed by atoms with Crippen LogP contribution in [0.5, 0.6) is 0 Å². The molecule has 3 heteroatoms. The van der Waals surface area contributed by atoms with Crippen LogP contribution in [0.25, 0.3) is 0 Å².